The maximum Gasteiger partial charge on any atom is 0.258 e. The molecule has 0 aliphatic carbocycles. The van der Waals surface area contributed by atoms with E-state index in [0.717, 1.165) is 10.3 Å². The first kappa shape index (κ1) is 10.5. The molecule has 0 fully saturated rings. The number of imide groups is 1. The van der Waals surface area contributed by atoms with E-state index in [1.807, 2.05) is 0 Å². The Kier molecular flexibility index (Phi) is 2.13. The molecule has 0 atom stereocenters. The van der Waals surface area contributed by atoms with E-state index in [9.17, 15) is 14.4 Å². The largest absolute Gasteiger partial charge is 0.322 e. The molecule has 3 rings (SSSR count). The molecule has 2 heterocycles. The quantitative estimate of drug-likeness (QED) is 0.754. The van der Waals surface area contributed by atoms with Crippen molar-refractivity contribution in [2.45, 2.75) is 0 Å². The Balaban J connectivity index is 2.16. The van der Waals surface area contributed by atoms with Crippen molar-refractivity contribution in [3.8, 4) is 0 Å². The van der Waals surface area contributed by atoms with Crippen LogP contribution < -0.4 is 10.5 Å². The van der Waals surface area contributed by atoms with Crippen molar-refractivity contribution in [3.05, 3.63) is 52.8 Å². The fraction of sp³-hybridized carbons (Fsp3) is 0. The van der Waals surface area contributed by atoms with E-state index in [2.05, 4.69) is 4.98 Å². The molecule has 2 aromatic rings. The monoisotopic (exact) mass is 240 g/mol. The summed E-state index contributed by atoms with van der Waals surface area (Å²) < 4.78 is 0. The van der Waals surface area contributed by atoms with Gasteiger partial charge in [-0.15, -0.1) is 0 Å². The third-order valence-corrected chi connectivity index (χ3v) is 2.78. The maximum absolute atomic E-state index is 11.5. The van der Waals surface area contributed by atoms with Crippen LogP contribution in [0.4, 0.5) is 5.69 Å². The average molecular weight is 240 g/mol. The van der Waals surface area contributed by atoms with Crippen LogP contribution in [0.25, 0.3) is 10.9 Å². The number of aromatic amines is 1. The number of nitrogens with one attached hydrogen (secondary N) is 1. The van der Waals surface area contributed by atoms with Gasteiger partial charge in [-0.3, -0.25) is 14.4 Å². The number of benzene rings is 1. The number of hydrogen-bond acceptors (Lipinski definition) is 3. The van der Waals surface area contributed by atoms with Gasteiger partial charge in [-0.1, -0.05) is 6.07 Å². The van der Waals surface area contributed by atoms with Gasteiger partial charge >= 0.3 is 0 Å². The van der Waals surface area contributed by atoms with E-state index in [0.29, 0.717) is 11.2 Å². The highest BCUT2D eigenvalue weighted by Crippen LogP contribution is 2.22. The van der Waals surface area contributed by atoms with Crippen molar-refractivity contribution < 1.29 is 9.59 Å². The molecule has 1 aliphatic rings. The van der Waals surface area contributed by atoms with Gasteiger partial charge in [0.05, 0.1) is 11.2 Å². The molecule has 0 bridgehead atoms. The topological polar surface area (TPSA) is 70.2 Å². The van der Waals surface area contributed by atoms with Crippen molar-refractivity contribution in [3.63, 3.8) is 0 Å². The number of amides is 2. The van der Waals surface area contributed by atoms with Gasteiger partial charge in [0.15, 0.2) is 0 Å². The first-order chi connectivity index (χ1) is 8.65. The van der Waals surface area contributed by atoms with E-state index in [4.69, 9.17) is 0 Å². The van der Waals surface area contributed by atoms with Crippen molar-refractivity contribution in [2.75, 3.05) is 4.90 Å². The summed E-state index contributed by atoms with van der Waals surface area (Å²) in [6.45, 7) is 0. The minimum Gasteiger partial charge on any atom is -0.322 e. The number of H-pyrrole nitrogens is 1. The number of nitrogens with zero attached hydrogens (tertiary/aromatic N) is 1. The number of pyridine rings is 1. The van der Waals surface area contributed by atoms with Crippen molar-refractivity contribution in [1.29, 1.82) is 0 Å². The van der Waals surface area contributed by atoms with Crippen LogP contribution in [0.2, 0.25) is 0 Å². The molecular weight excluding hydrogens is 232 g/mol. The molecule has 0 saturated carbocycles. The summed E-state index contributed by atoms with van der Waals surface area (Å²) in [5, 5.41) is 0.838. The summed E-state index contributed by atoms with van der Waals surface area (Å²) in [5.74, 6) is -0.754. The van der Waals surface area contributed by atoms with E-state index < -0.39 is 0 Å². The first-order valence-corrected chi connectivity index (χ1v) is 5.34. The van der Waals surface area contributed by atoms with E-state index >= 15 is 0 Å². The van der Waals surface area contributed by atoms with E-state index in [1.54, 1.807) is 24.3 Å². The molecular formula is C13H8N2O3. The molecule has 1 N–H and O–H groups in total. The van der Waals surface area contributed by atoms with Crippen LogP contribution in [0.15, 0.2) is 47.3 Å². The lowest BCUT2D eigenvalue weighted by molar-refractivity contribution is -0.119. The Morgan fingerprint density at radius 2 is 1.56 bits per heavy atom. The minimum absolute atomic E-state index is 0.225. The third kappa shape index (κ3) is 1.53. The fourth-order valence-electron chi connectivity index (χ4n) is 1.93. The molecule has 0 spiro atoms. The highest BCUT2D eigenvalue weighted by atomic mass is 16.2. The molecule has 5 nitrogen and oxygen atoms in total. The number of aromatic nitrogens is 1. The molecule has 2 amide bonds. The number of anilines is 1. The number of carbonyl (C=O) groups excluding carboxylic acids is 2. The molecule has 0 unspecified atom stereocenters. The standard InChI is InChI=1S/C13H8N2O3/c16-11-4-2-8-1-3-9(7-10(8)14-11)15-12(17)5-6-13(15)18/h1-7H,(H,14,16). The van der Waals surface area contributed by atoms with Gasteiger partial charge in [0.25, 0.3) is 11.8 Å². The molecule has 5 heteroatoms. The smallest absolute Gasteiger partial charge is 0.258 e. The summed E-state index contributed by atoms with van der Waals surface area (Å²) in [6, 6.07) is 8.14. The van der Waals surface area contributed by atoms with Crippen LogP contribution in [-0.2, 0) is 9.59 Å². The van der Waals surface area contributed by atoms with Crippen molar-refractivity contribution in [2.24, 2.45) is 0 Å². The molecule has 18 heavy (non-hydrogen) atoms. The van der Waals surface area contributed by atoms with Gasteiger partial charge < -0.3 is 4.98 Å². The highest BCUT2D eigenvalue weighted by molar-refractivity contribution is 6.28. The van der Waals surface area contributed by atoms with Crippen LogP contribution in [-0.4, -0.2) is 16.8 Å². The minimum atomic E-state index is -0.377. The molecule has 1 aromatic carbocycles. The lowest BCUT2D eigenvalue weighted by Gasteiger charge is -2.14. The molecule has 0 saturated heterocycles. The second-order valence-corrected chi connectivity index (χ2v) is 3.94. The number of carbonyl (C=O) groups is 2. The summed E-state index contributed by atoms with van der Waals surface area (Å²) in [7, 11) is 0. The zero-order valence-electron chi connectivity index (χ0n) is 9.21. The predicted octanol–water partition coefficient (Wildman–Crippen LogP) is 0.957. The van der Waals surface area contributed by atoms with Crippen LogP contribution in [0.3, 0.4) is 0 Å². The Hall–Kier alpha value is -2.69. The zero-order chi connectivity index (χ0) is 12.7. The van der Waals surface area contributed by atoms with Crippen molar-refractivity contribution >= 4 is 28.4 Å². The fourth-order valence-corrected chi connectivity index (χ4v) is 1.93. The second-order valence-electron chi connectivity index (χ2n) is 3.94. The van der Waals surface area contributed by atoms with Crippen LogP contribution in [0, 0.1) is 0 Å². The SMILES string of the molecule is O=C1C=CC(=O)N1c1ccc2ccc(=O)[nH]c2c1. The Labute approximate surface area is 101 Å². The summed E-state index contributed by atoms with van der Waals surface area (Å²) in [5.41, 5.74) is 0.814. The Morgan fingerprint density at radius 3 is 2.28 bits per heavy atom. The summed E-state index contributed by atoms with van der Waals surface area (Å²) in [4.78, 5) is 38.0. The number of rotatable bonds is 1. The van der Waals surface area contributed by atoms with Gasteiger partial charge in [-0.05, 0) is 23.6 Å². The summed E-state index contributed by atoms with van der Waals surface area (Å²) in [6.07, 6.45) is 2.44. The van der Waals surface area contributed by atoms with Crippen LogP contribution in [0.1, 0.15) is 0 Å². The third-order valence-electron chi connectivity index (χ3n) is 2.78. The normalized spacial score (nSPS) is 14.8. The lowest BCUT2D eigenvalue weighted by atomic mass is 10.2. The Morgan fingerprint density at radius 1 is 0.889 bits per heavy atom. The molecule has 88 valence electrons. The zero-order valence-corrected chi connectivity index (χ0v) is 9.21. The number of fused-ring (bicyclic) bond motifs is 1. The van der Waals surface area contributed by atoms with E-state index in [-0.39, 0.29) is 17.4 Å². The molecule has 1 aliphatic heterocycles. The van der Waals surface area contributed by atoms with Gasteiger partial charge in [0.1, 0.15) is 0 Å². The first-order valence-electron chi connectivity index (χ1n) is 5.34. The highest BCUT2D eigenvalue weighted by Gasteiger charge is 2.25. The second kappa shape index (κ2) is 3.66. The van der Waals surface area contributed by atoms with Gasteiger partial charge in [-0.2, -0.15) is 0 Å². The summed E-state index contributed by atoms with van der Waals surface area (Å²) >= 11 is 0. The van der Waals surface area contributed by atoms with Gasteiger partial charge in [0.2, 0.25) is 5.56 Å². The van der Waals surface area contributed by atoms with Gasteiger partial charge in [-0.25, -0.2) is 4.90 Å². The van der Waals surface area contributed by atoms with Crippen LogP contribution in [0.5, 0.6) is 0 Å². The average Bonchev–Trinajstić information content (AvgIpc) is 2.68. The maximum atomic E-state index is 11.5. The number of hydrogen-bond donors (Lipinski definition) is 1. The predicted molar refractivity (Wildman–Crippen MR) is 66.2 cm³/mol. The van der Waals surface area contributed by atoms with Gasteiger partial charge in [0, 0.05) is 18.2 Å². The lowest BCUT2D eigenvalue weighted by Crippen LogP contribution is -2.29. The van der Waals surface area contributed by atoms with E-state index in [1.165, 1.54) is 18.2 Å². The van der Waals surface area contributed by atoms with Crippen molar-refractivity contribution in [1.82, 2.24) is 4.98 Å². The molecule has 1 aromatic heterocycles. The Bertz CT molecular complexity index is 740. The molecule has 0 radical (unpaired) electrons. The van der Waals surface area contributed by atoms with Crippen LogP contribution >= 0.6 is 0 Å².